The maximum atomic E-state index is 14.5. The van der Waals surface area contributed by atoms with Gasteiger partial charge in [-0.05, 0) is 84.6 Å². The van der Waals surface area contributed by atoms with Crippen molar-refractivity contribution in [1.82, 2.24) is 5.32 Å². The van der Waals surface area contributed by atoms with Crippen LogP contribution < -0.4 is 16.0 Å². The first-order chi connectivity index (χ1) is 19.8. The van der Waals surface area contributed by atoms with E-state index in [-0.39, 0.29) is 23.6 Å². The number of halogens is 1. The lowest BCUT2D eigenvalue weighted by atomic mass is 9.96. The molecule has 0 aliphatic heterocycles. The molecule has 8 nitrogen and oxygen atoms in total. The summed E-state index contributed by atoms with van der Waals surface area (Å²) in [6, 6.07) is 23.2. The van der Waals surface area contributed by atoms with Crippen LogP contribution in [0.5, 0.6) is 0 Å². The van der Waals surface area contributed by atoms with Crippen molar-refractivity contribution in [3.05, 3.63) is 124 Å². The number of aliphatic hydroxyl groups is 2. The average molecular weight is 554 g/mol. The van der Waals surface area contributed by atoms with Crippen molar-refractivity contribution in [3.63, 3.8) is 0 Å². The summed E-state index contributed by atoms with van der Waals surface area (Å²) in [7, 11) is 0. The number of benzene rings is 4. The van der Waals surface area contributed by atoms with Crippen LogP contribution in [0.3, 0.4) is 0 Å². The molecule has 9 heteroatoms. The minimum Gasteiger partial charge on any atom is -0.394 e. The third kappa shape index (κ3) is 6.32. The van der Waals surface area contributed by atoms with Gasteiger partial charge < -0.3 is 26.2 Å². The first-order valence-electron chi connectivity index (χ1n) is 13.1. The van der Waals surface area contributed by atoms with Gasteiger partial charge in [-0.3, -0.25) is 14.4 Å². The van der Waals surface area contributed by atoms with Crippen LogP contribution in [-0.4, -0.2) is 47.1 Å². The Kier molecular flexibility index (Phi) is 8.19. The van der Waals surface area contributed by atoms with Gasteiger partial charge in [0.2, 0.25) is 0 Å². The number of aryl methyl sites for hydroxylation is 2. The van der Waals surface area contributed by atoms with Crippen LogP contribution in [0.15, 0.2) is 84.9 Å². The predicted molar refractivity (Wildman–Crippen MR) is 153 cm³/mol. The van der Waals surface area contributed by atoms with E-state index in [1.807, 2.05) is 6.07 Å². The second kappa shape index (κ2) is 12.1. The standard InChI is InChI=1S/C32H28FN3O5/c33-28-13-11-24(16-29(28)36-32(41)20-4-2-1-3-5-20)35-23-10-12-26-21(14-23)8-6-19-7-9-22(15-27(19)30(26)39)31(40)34-17-25(38)18-37/h1-5,7,9-16,25,35,37-38H,6,8,17-18H2,(H,34,40)(H,36,41). The number of anilines is 3. The van der Waals surface area contributed by atoms with Gasteiger partial charge in [0.1, 0.15) is 5.82 Å². The van der Waals surface area contributed by atoms with Crippen LogP contribution in [-0.2, 0) is 12.8 Å². The summed E-state index contributed by atoms with van der Waals surface area (Å²) in [4.78, 5) is 38.5. The monoisotopic (exact) mass is 553 g/mol. The van der Waals surface area contributed by atoms with Crippen LogP contribution in [0.4, 0.5) is 21.5 Å². The molecule has 5 N–H and O–H groups in total. The van der Waals surface area contributed by atoms with Gasteiger partial charge in [-0.25, -0.2) is 4.39 Å². The maximum absolute atomic E-state index is 14.5. The van der Waals surface area contributed by atoms with E-state index in [2.05, 4.69) is 16.0 Å². The van der Waals surface area contributed by atoms with Crippen LogP contribution in [0, 0.1) is 5.82 Å². The molecule has 0 spiro atoms. The fourth-order valence-electron chi connectivity index (χ4n) is 4.69. The molecule has 41 heavy (non-hydrogen) atoms. The lowest BCUT2D eigenvalue weighted by Crippen LogP contribution is -2.34. The summed E-state index contributed by atoms with van der Waals surface area (Å²) in [6.07, 6.45) is 0.125. The highest BCUT2D eigenvalue weighted by atomic mass is 19.1. The van der Waals surface area contributed by atoms with E-state index in [4.69, 9.17) is 5.11 Å². The van der Waals surface area contributed by atoms with E-state index in [9.17, 15) is 23.9 Å². The van der Waals surface area contributed by atoms with Crippen molar-refractivity contribution >= 4 is 34.7 Å². The second-order valence-corrected chi connectivity index (χ2v) is 9.76. The Balaban J connectivity index is 1.33. The van der Waals surface area contributed by atoms with Crippen molar-refractivity contribution in [3.8, 4) is 0 Å². The van der Waals surface area contributed by atoms with Crippen molar-refractivity contribution in [2.75, 3.05) is 23.8 Å². The Hall–Kier alpha value is -4.86. The van der Waals surface area contributed by atoms with Gasteiger partial charge in [0.05, 0.1) is 18.4 Å². The summed E-state index contributed by atoms with van der Waals surface area (Å²) in [5.74, 6) is -1.64. The molecule has 4 aromatic rings. The molecular weight excluding hydrogens is 525 g/mol. The number of nitrogens with one attached hydrogen (secondary N) is 3. The Morgan fingerprint density at radius 3 is 2.32 bits per heavy atom. The van der Waals surface area contributed by atoms with Crippen molar-refractivity contribution in [1.29, 1.82) is 0 Å². The Labute approximate surface area is 235 Å². The van der Waals surface area contributed by atoms with Crippen LogP contribution >= 0.6 is 0 Å². The molecule has 0 saturated carbocycles. The Morgan fingerprint density at radius 2 is 1.54 bits per heavy atom. The molecular formula is C32H28FN3O5. The van der Waals surface area contributed by atoms with Crippen molar-refractivity contribution in [2.45, 2.75) is 18.9 Å². The highest BCUT2D eigenvalue weighted by molar-refractivity contribution is 6.12. The number of amides is 2. The summed E-state index contributed by atoms with van der Waals surface area (Å²) in [6.45, 7) is -0.572. The average Bonchev–Trinajstić information content (AvgIpc) is 3.13. The molecule has 0 heterocycles. The van der Waals surface area contributed by atoms with Crippen molar-refractivity contribution < 1.29 is 29.0 Å². The van der Waals surface area contributed by atoms with Gasteiger partial charge in [0, 0.05) is 40.2 Å². The van der Waals surface area contributed by atoms with E-state index >= 15 is 0 Å². The molecule has 0 aromatic heterocycles. The van der Waals surface area contributed by atoms with Crippen LogP contribution in [0.1, 0.15) is 47.8 Å². The topological polar surface area (TPSA) is 128 Å². The normalized spacial score (nSPS) is 12.9. The van der Waals surface area contributed by atoms with E-state index < -0.39 is 30.3 Å². The number of hydrogen-bond donors (Lipinski definition) is 5. The van der Waals surface area contributed by atoms with Crippen molar-refractivity contribution in [2.24, 2.45) is 0 Å². The zero-order chi connectivity index (χ0) is 28.9. The highest BCUT2D eigenvalue weighted by Crippen LogP contribution is 2.30. The molecule has 208 valence electrons. The summed E-state index contributed by atoms with van der Waals surface area (Å²) in [5.41, 5.74) is 4.60. The third-order valence-corrected chi connectivity index (χ3v) is 6.88. The minimum absolute atomic E-state index is 0.0370. The first kappa shape index (κ1) is 27.7. The molecule has 5 rings (SSSR count). The fraction of sp³-hybridized carbons (Fsp3) is 0.156. The summed E-state index contributed by atoms with van der Waals surface area (Å²) >= 11 is 0. The SMILES string of the molecule is O=C(NCC(O)CO)c1ccc2c(c1)C(=O)c1ccc(Nc3ccc(F)c(NC(=O)c4ccccc4)c3)cc1CC2. The van der Waals surface area contributed by atoms with Gasteiger partial charge in [0.15, 0.2) is 5.78 Å². The third-order valence-electron chi connectivity index (χ3n) is 6.88. The lowest BCUT2D eigenvalue weighted by molar-refractivity contribution is 0.0802. The summed E-state index contributed by atoms with van der Waals surface area (Å²) in [5, 5.41) is 26.8. The quantitative estimate of drug-likeness (QED) is 0.222. The van der Waals surface area contributed by atoms with Crippen LogP contribution in [0.25, 0.3) is 0 Å². The molecule has 0 saturated heterocycles. The molecule has 0 fully saturated rings. The van der Waals surface area contributed by atoms with Gasteiger partial charge in [0.25, 0.3) is 11.8 Å². The predicted octanol–water partition coefficient (Wildman–Crippen LogP) is 4.23. The molecule has 1 aliphatic carbocycles. The van der Waals surface area contributed by atoms with E-state index in [0.717, 1.165) is 11.1 Å². The highest BCUT2D eigenvalue weighted by Gasteiger charge is 2.23. The first-order valence-corrected chi connectivity index (χ1v) is 13.1. The molecule has 1 aliphatic rings. The zero-order valence-electron chi connectivity index (χ0n) is 22.0. The fourth-order valence-corrected chi connectivity index (χ4v) is 4.69. The maximum Gasteiger partial charge on any atom is 0.255 e. The molecule has 4 aromatic carbocycles. The molecule has 1 atom stereocenters. The van der Waals surface area contributed by atoms with Crippen LogP contribution in [0.2, 0.25) is 0 Å². The minimum atomic E-state index is -1.06. The molecule has 0 radical (unpaired) electrons. The lowest BCUT2D eigenvalue weighted by Gasteiger charge is -2.13. The smallest absolute Gasteiger partial charge is 0.255 e. The Morgan fingerprint density at radius 1 is 0.805 bits per heavy atom. The van der Waals surface area contributed by atoms with Gasteiger partial charge in [-0.15, -0.1) is 0 Å². The molecule has 0 bridgehead atoms. The zero-order valence-corrected chi connectivity index (χ0v) is 22.0. The largest absolute Gasteiger partial charge is 0.394 e. The molecule has 1 unspecified atom stereocenters. The van der Waals surface area contributed by atoms with Gasteiger partial charge in [-0.1, -0.05) is 24.3 Å². The van der Waals surface area contributed by atoms with E-state index in [1.54, 1.807) is 66.7 Å². The van der Waals surface area contributed by atoms with E-state index in [0.29, 0.717) is 40.9 Å². The number of fused-ring (bicyclic) bond motifs is 2. The number of ketones is 1. The Bertz CT molecular complexity index is 1620. The number of aliphatic hydroxyl groups excluding tert-OH is 2. The van der Waals surface area contributed by atoms with Gasteiger partial charge >= 0.3 is 0 Å². The summed E-state index contributed by atoms with van der Waals surface area (Å²) < 4.78 is 14.5. The van der Waals surface area contributed by atoms with Gasteiger partial charge in [-0.2, -0.15) is 0 Å². The second-order valence-electron chi connectivity index (χ2n) is 9.76. The number of carbonyl (C=O) groups is 3. The number of carbonyl (C=O) groups excluding carboxylic acids is 3. The van der Waals surface area contributed by atoms with E-state index in [1.165, 1.54) is 12.1 Å². The molecule has 2 amide bonds. The number of hydrogen-bond acceptors (Lipinski definition) is 6. The number of rotatable bonds is 8.